The highest BCUT2D eigenvalue weighted by Gasteiger charge is 2.01. The Morgan fingerprint density at radius 3 is 2.78 bits per heavy atom. The fourth-order valence-corrected chi connectivity index (χ4v) is 1.13. The van der Waals surface area contributed by atoms with Crippen molar-refractivity contribution in [1.82, 2.24) is 5.32 Å². The maximum Gasteiger partial charge on any atom is 0.0664 e. The number of nitrogens with one attached hydrogen (secondary N) is 1. The van der Waals surface area contributed by atoms with Gasteiger partial charge in [0.15, 0.2) is 0 Å². The van der Waals surface area contributed by atoms with Gasteiger partial charge in [0.25, 0.3) is 0 Å². The zero-order chi connectivity index (χ0) is 7.11. The van der Waals surface area contributed by atoms with Crippen molar-refractivity contribution in [3.63, 3.8) is 0 Å². The fraction of sp³-hybridized carbons (Fsp3) is 0.833. The van der Waals surface area contributed by atoms with Gasteiger partial charge in [0.2, 0.25) is 0 Å². The van der Waals surface area contributed by atoms with E-state index in [-0.39, 0.29) is 5.92 Å². The van der Waals surface area contributed by atoms with Crippen LogP contribution in [0.1, 0.15) is 6.42 Å². The van der Waals surface area contributed by atoms with Gasteiger partial charge in [-0.05, 0) is 20.0 Å². The lowest BCUT2D eigenvalue weighted by atomic mass is 10.1. The van der Waals surface area contributed by atoms with Crippen LogP contribution < -0.4 is 5.32 Å². The second-order valence-corrected chi connectivity index (χ2v) is 2.75. The molecule has 0 aromatic rings. The molecule has 52 valence electrons. The van der Waals surface area contributed by atoms with Crippen LogP contribution in [0.3, 0.4) is 0 Å². The summed E-state index contributed by atoms with van der Waals surface area (Å²) < 4.78 is 0.940. The molecule has 0 aliphatic carbocycles. The van der Waals surface area contributed by atoms with Crippen molar-refractivity contribution >= 4 is 22.6 Å². The van der Waals surface area contributed by atoms with Crippen LogP contribution in [0, 0.1) is 17.2 Å². The van der Waals surface area contributed by atoms with E-state index < -0.39 is 0 Å². The molecule has 0 aromatic heterocycles. The predicted octanol–water partition coefficient (Wildman–Crippen LogP) is 1.17. The molecule has 1 atom stereocenters. The topological polar surface area (TPSA) is 35.8 Å². The summed E-state index contributed by atoms with van der Waals surface area (Å²) in [5, 5.41) is 11.5. The minimum absolute atomic E-state index is 0.234. The Bertz CT molecular complexity index is 97.7. The first-order valence-corrected chi connectivity index (χ1v) is 4.48. The molecular formula is C6H11IN2. The highest BCUT2D eigenvalue weighted by molar-refractivity contribution is 14.1. The number of alkyl halides is 1. The smallest absolute Gasteiger partial charge is 0.0664 e. The van der Waals surface area contributed by atoms with Crippen molar-refractivity contribution in [2.75, 3.05) is 18.0 Å². The van der Waals surface area contributed by atoms with E-state index in [1.165, 1.54) is 0 Å². The molecule has 0 radical (unpaired) electrons. The van der Waals surface area contributed by atoms with Gasteiger partial charge in [-0.3, -0.25) is 0 Å². The molecule has 2 nitrogen and oxygen atoms in total. The van der Waals surface area contributed by atoms with Crippen molar-refractivity contribution in [3.05, 3.63) is 0 Å². The molecule has 0 bridgehead atoms. The molecule has 0 saturated heterocycles. The second-order valence-electron chi connectivity index (χ2n) is 1.87. The SMILES string of the molecule is CNCCC(C#N)CI. The van der Waals surface area contributed by atoms with E-state index in [1.54, 1.807) is 0 Å². The summed E-state index contributed by atoms with van der Waals surface area (Å²) in [5.41, 5.74) is 0. The molecule has 0 rings (SSSR count). The van der Waals surface area contributed by atoms with Crippen LogP contribution in [0.15, 0.2) is 0 Å². The summed E-state index contributed by atoms with van der Waals surface area (Å²) in [6, 6.07) is 2.24. The monoisotopic (exact) mass is 238 g/mol. The van der Waals surface area contributed by atoms with Gasteiger partial charge in [0.1, 0.15) is 0 Å². The molecule has 0 aromatic carbocycles. The van der Waals surface area contributed by atoms with Crippen LogP contribution >= 0.6 is 22.6 Å². The van der Waals surface area contributed by atoms with Crippen LogP contribution in [0.5, 0.6) is 0 Å². The summed E-state index contributed by atoms with van der Waals surface area (Å²) in [4.78, 5) is 0. The average molecular weight is 238 g/mol. The lowest BCUT2D eigenvalue weighted by molar-refractivity contribution is 0.633. The molecule has 3 heteroatoms. The Hall–Kier alpha value is 0.180. The summed E-state index contributed by atoms with van der Waals surface area (Å²) in [7, 11) is 1.90. The number of rotatable bonds is 4. The zero-order valence-electron chi connectivity index (χ0n) is 5.52. The predicted molar refractivity (Wildman–Crippen MR) is 46.5 cm³/mol. The van der Waals surface area contributed by atoms with E-state index in [9.17, 15) is 0 Å². The van der Waals surface area contributed by atoms with Crippen LogP contribution in [0.4, 0.5) is 0 Å². The van der Waals surface area contributed by atoms with E-state index in [2.05, 4.69) is 34.0 Å². The van der Waals surface area contributed by atoms with Gasteiger partial charge in [0, 0.05) is 4.43 Å². The number of nitrogens with zero attached hydrogens (tertiary/aromatic N) is 1. The minimum Gasteiger partial charge on any atom is -0.320 e. The minimum atomic E-state index is 0.234. The van der Waals surface area contributed by atoms with E-state index in [1.807, 2.05) is 7.05 Å². The lowest BCUT2D eigenvalue weighted by Crippen LogP contribution is -2.12. The molecule has 1 unspecified atom stereocenters. The zero-order valence-corrected chi connectivity index (χ0v) is 7.68. The first-order valence-electron chi connectivity index (χ1n) is 2.95. The van der Waals surface area contributed by atoms with Gasteiger partial charge in [0.05, 0.1) is 12.0 Å². The van der Waals surface area contributed by atoms with Crippen molar-refractivity contribution in [3.8, 4) is 6.07 Å². The summed E-state index contributed by atoms with van der Waals surface area (Å²) in [6.07, 6.45) is 0.968. The van der Waals surface area contributed by atoms with Gasteiger partial charge in [-0.2, -0.15) is 5.26 Å². The largest absolute Gasteiger partial charge is 0.320 e. The first-order chi connectivity index (χ1) is 4.35. The number of halogens is 1. The maximum atomic E-state index is 8.47. The molecule has 0 amide bonds. The quantitative estimate of drug-likeness (QED) is 0.589. The number of nitriles is 1. The summed E-state index contributed by atoms with van der Waals surface area (Å²) in [5.74, 6) is 0.234. The van der Waals surface area contributed by atoms with Gasteiger partial charge >= 0.3 is 0 Å². The molecular weight excluding hydrogens is 227 g/mol. The summed E-state index contributed by atoms with van der Waals surface area (Å²) >= 11 is 2.24. The molecule has 9 heavy (non-hydrogen) atoms. The Kier molecular flexibility index (Phi) is 6.43. The van der Waals surface area contributed by atoms with E-state index in [0.717, 1.165) is 17.4 Å². The van der Waals surface area contributed by atoms with Crippen molar-refractivity contribution in [1.29, 1.82) is 5.26 Å². The van der Waals surface area contributed by atoms with Crippen molar-refractivity contribution in [2.45, 2.75) is 6.42 Å². The third-order valence-electron chi connectivity index (χ3n) is 1.11. The maximum absolute atomic E-state index is 8.47. The lowest BCUT2D eigenvalue weighted by Gasteiger charge is -2.01. The fourth-order valence-electron chi connectivity index (χ4n) is 0.495. The molecule has 0 aliphatic heterocycles. The first kappa shape index (κ1) is 9.18. The van der Waals surface area contributed by atoms with Crippen molar-refractivity contribution < 1.29 is 0 Å². The Morgan fingerprint density at radius 1 is 1.78 bits per heavy atom. The third-order valence-corrected chi connectivity index (χ3v) is 2.17. The van der Waals surface area contributed by atoms with Crippen molar-refractivity contribution in [2.24, 2.45) is 5.92 Å². The van der Waals surface area contributed by atoms with E-state index in [4.69, 9.17) is 5.26 Å². The van der Waals surface area contributed by atoms with E-state index in [0.29, 0.717) is 0 Å². The Labute approximate surface area is 69.8 Å². The summed E-state index contributed by atoms with van der Waals surface area (Å²) in [6.45, 7) is 0.946. The molecule has 0 saturated carbocycles. The van der Waals surface area contributed by atoms with Gasteiger partial charge in [-0.15, -0.1) is 0 Å². The molecule has 1 N–H and O–H groups in total. The molecule has 0 spiro atoms. The molecule has 0 fully saturated rings. The van der Waals surface area contributed by atoms with Crippen LogP contribution in [-0.2, 0) is 0 Å². The van der Waals surface area contributed by atoms with Gasteiger partial charge < -0.3 is 5.32 Å². The van der Waals surface area contributed by atoms with Gasteiger partial charge in [-0.1, -0.05) is 22.6 Å². The average Bonchev–Trinajstić information content (AvgIpc) is 1.91. The van der Waals surface area contributed by atoms with Crippen LogP contribution in [0.25, 0.3) is 0 Å². The third kappa shape index (κ3) is 4.67. The Morgan fingerprint density at radius 2 is 2.44 bits per heavy atom. The standard InChI is InChI=1S/C6H11IN2/c1-9-3-2-6(4-7)5-8/h6,9H,2-4H2,1H3. The van der Waals surface area contributed by atoms with Crippen LogP contribution in [0.2, 0.25) is 0 Å². The molecule has 0 heterocycles. The van der Waals surface area contributed by atoms with E-state index >= 15 is 0 Å². The molecule has 0 aliphatic rings. The second kappa shape index (κ2) is 6.30. The van der Waals surface area contributed by atoms with Gasteiger partial charge in [-0.25, -0.2) is 0 Å². The number of hydrogen-bond acceptors (Lipinski definition) is 2. The highest BCUT2D eigenvalue weighted by atomic mass is 127. The highest BCUT2D eigenvalue weighted by Crippen LogP contribution is 2.03. The normalized spacial score (nSPS) is 12.6. The van der Waals surface area contributed by atoms with Crippen LogP contribution in [-0.4, -0.2) is 18.0 Å². The number of hydrogen-bond donors (Lipinski definition) is 1. The Balaban J connectivity index is 3.23.